The van der Waals surface area contributed by atoms with E-state index in [-0.39, 0.29) is 72.0 Å². The molecule has 2 unspecified atom stereocenters. The molecule has 0 rings (SSSR count). The number of hydrogen-bond acceptors (Lipinski definition) is 4. The molecule has 2 atom stereocenters. The SMILES string of the molecule is O=C(O)C(S)CCC(S)C(=O)O.[Na].[Na]. The zero-order valence-electron chi connectivity index (χ0n) is 8.17. The summed E-state index contributed by atoms with van der Waals surface area (Å²) in [4.78, 5) is 20.5. The monoisotopic (exact) mass is 256 g/mol. The number of thiol groups is 2. The Morgan fingerprint density at radius 3 is 1.29 bits per heavy atom. The van der Waals surface area contributed by atoms with Gasteiger partial charge in [-0.3, -0.25) is 9.59 Å². The van der Waals surface area contributed by atoms with Crippen LogP contribution in [0.25, 0.3) is 0 Å². The van der Waals surface area contributed by atoms with Crippen LogP contribution in [-0.4, -0.2) is 91.8 Å². The van der Waals surface area contributed by atoms with Crippen molar-refractivity contribution in [3.8, 4) is 0 Å². The van der Waals surface area contributed by atoms with Gasteiger partial charge in [0, 0.05) is 59.1 Å². The van der Waals surface area contributed by atoms with Gasteiger partial charge < -0.3 is 10.2 Å². The maximum atomic E-state index is 10.2. The van der Waals surface area contributed by atoms with Crippen molar-refractivity contribution in [3.05, 3.63) is 0 Å². The summed E-state index contributed by atoms with van der Waals surface area (Å²) >= 11 is 7.48. The number of rotatable bonds is 5. The molecule has 0 saturated heterocycles. The van der Waals surface area contributed by atoms with E-state index in [9.17, 15) is 9.59 Å². The Hall–Kier alpha value is 1.64. The summed E-state index contributed by atoms with van der Waals surface area (Å²) < 4.78 is 0. The summed E-state index contributed by atoms with van der Waals surface area (Å²) in [6.07, 6.45) is 0.415. The van der Waals surface area contributed by atoms with Crippen LogP contribution in [0, 0.1) is 0 Å². The van der Waals surface area contributed by atoms with Gasteiger partial charge in [-0.2, -0.15) is 25.3 Å². The third kappa shape index (κ3) is 10.2. The van der Waals surface area contributed by atoms with Gasteiger partial charge in [0.15, 0.2) is 0 Å². The fraction of sp³-hybridized carbons (Fsp3) is 0.667. The molecular formula is C6H10Na2O4S2. The van der Waals surface area contributed by atoms with Gasteiger partial charge in [-0.15, -0.1) is 0 Å². The molecule has 0 bridgehead atoms. The first-order valence-corrected chi connectivity index (χ1v) is 4.30. The van der Waals surface area contributed by atoms with Crippen LogP contribution in [0.5, 0.6) is 0 Å². The van der Waals surface area contributed by atoms with E-state index in [2.05, 4.69) is 25.3 Å². The van der Waals surface area contributed by atoms with Crippen LogP contribution in [-0.2, 0) is 9.59 Å². The average molecular weight is 256 g/mol. The summed E-state index contributed by atoms with van der Waals surface area (Å²) in [5, 5.41) is 15.2. The van der Waals surface area contributed by atoms with Gasteiger partial charge in [0.1, 0.15) is 0 Å². The summed E-state index contributed by atoms with van der Waals surface area (Å²) in [5.41, 5.74) is 0. The van der Waals surface area contributed by atoms with Crippen LogP contribution in [0.15, 0.2) is 0 Å². The minimum atomic E-state index is -1.04. The first-order valence-electron chi connectivity index (χ1n) is 3.27. The number of aliphatic carboxylic acids is 2. The van der Waals surface area contributed by atoms with E-state index < -0.39 is 22.4 Å². The van der Waals surface area contributed by atoms with E-state index in [0.717, 1.165) is 0 Å². The number of carboxylic acid groups (broad SMARTS) is 2. The summed E-state index contributed by atoms with van der Waals surface area (Å²) in [6, 6.07) is 0. The zero-order chi connectivity index (χ0) is 9.72. The van der Waals surface area contributed by atoms with Crippen molar-refractivity contribution < 1.29 is 19.8 Å². The minimum Gasteiger partial charge on any atom is -0.480 e. The fourth-order valence-corrected chi connectivity index (χ4v) is 0.861. The third-order valence-corrected chi connectivity index (χ3v) is 2.24. The van der Waals surface area contributed by atoms with Crippen molar-refractivity contribution >= 4 is 96.3 Å². The Balaban J connectivity index is -0.000000605. The van der Waals surface area contributed by atoms with E-state index in [1.807, 2.05) is 0 Å². The molecule has 0 aromatic rings. The summed E-state index contributed by atoms with van der Waals surface area (Å²) in [7, 11) is 0. The van der Waals surface area contributed by atoms with Crippen molar-refractivity contribution in [1.82, 2.24) is 0 Å². The van der Waals surface area contributed by atoms with Gasteiger partial charge in [-0.25, -0.2) is 0 Å². The molecule has 72 valence electrons. The number of carboxylic acids is 2. The quantitative estimate of drug-likeness (QED) is 0.405. The Kier molecular flexibility index (Phi) is 16.7. The Morgan fingerprint density at radius 2 is 1.14 bits per heavy atom. The molecule has 14 heavy (non-hydrogen) atoms. The van der Waals surface area contributed by atoms with Crippen molar-refractivity contribution in [3.63, 3.8) is 0 Å². The maximum Gasteiger partial charge on any atom is 0.316 e. The number of carbonyl (C=O) groups is 2. The Morgan fingerprint density at radius 1 is 0.929 bits per heavy atom. The molecule has 2 radical (unpaired) electrons. The van der Waals surface area contributed by atoms with E-state index in [1.54, 1.807) is 0 Å². The van der Waals surface area contributed by atoms with Gasteiger partial charge in [-0.1, -0.05) is 0 Å². The van der Waals surface area contributed by atoms with Gasteiger partial charge >= 0.3 is 11.9 Å². The Labute approximate surface area is 138 Å². The molecule has 0 amide bonds. The largest absolute Gasteiger partial charge is 0.480 e. The van der Waals surface area contributed by atoms with E-state index in [0.29, 0.717) is 0 Å². The zero-order valence-corrected chi connectivity index (χ0v) is 14.0. The average Bonchev–Trinajstić information content (AvgIpc) is 1.98. The molecule has 0 aliphatic rings. The molecule has 0 aliphatic carbocycles. The van der Waals surface area contributed by atoms with E-state index >= 15 is 0 Å². The van der Waals surface area contributed by atoms with E-state index in [4.69, 9.17) is 10.2 Å². The molecule has 4 nitrogen and oxygen atoms in total. The molecule has 0 aromatic carbocycles. The second kappa shape index (κ2) is 11.1. The van der Waals surface area contributed by atoms with Crippen LogP contribution in [0.3, 0.4) is 0 Å². The van der Waals surface area contributed by atoms with Crippen molar-refractivity contribution in [2.45, 2.75) is 23.3 Å². The molecule has 0 saturated carbocycles. The topological polar surface area (TPSA) is 74.6 Å². The van der Waals surface area contributed by atoms with Crippen molar-refractivity contribution in [2.75, 3.05) is 0 Å². The molecule has 0 aromatic heterocycles. The number of hydrogen-bond donors (Lipinski definition) is 4. The molecular weight excluding hydrogens is 246 g/mol. The van der Waals surface area contributed by atoms with Crippen LogP contribution >= 0.6 is 25.3 Å². The first kappa shape index (κ1) is 21.0. The van der Waals surface area contributed by atoms with Crippen LogP contribution in [0.2, 0.25) is 0 Å². The minimum absolute atomic E-state index is 0. The van der Waals surface area contributed by atoms with Gasteiger partial charge in [0.05, 0.1) is 10.5 Å². The van der Waals surface area contributed by atoms with Crippen LogP contribution < -0.4 is 0 Å². The molecule has 0 spiro atoms. The van der Waals surface area contributed by atoms with Crippen molar-refractivity contribution in [2.24, 2.45) is 0 Å². The van der Waals surface area contributed by atoms with Gasteiger partial charge in [0.25, 0.3) is 0 Å². The molecule has 0 heterocycles. The Bertz CT molecular complexity index is 171. The summed E-state index contributed by atoms with van der Waals surface area (Å²) in [6.45, 7) is 0. The molecule has 8 heteroatoms. The predicted molar refractivity (Wildman–Crippen MR) is 61.6 cm³/mol. The predicted octanol–water partition coefficient (Wildman–Crippen LogP) is -0.229. The molecule has 0 fully saturated rings. The van der Waals surface area contributed by atoms with E-state index in [1.165, 1.54) is 0 Å². The van der Waals surface area contributed by atoms with Gasteiger partial charge in [-0.05, 0) is 12.8 Å². The molecule has 2 N–H and O–H groups in total. The molecule has 0 aliphatic heterocycles. The standard InChI is InChI=1S/C6H10O4S2.2Na/c7-5(8)3(11)1-2-4(12)6(9)10;;/h3-4,11-12H,1-2H2,(H,7,8)(H,9,10);;. The second-order valence-corrected chi connectivity index (χ2v) is 3.53. The van der Waals surface area contributed by atoms with Crippen LogP contribution in [0.1, 0.15) is 12.8 Å². The summed E-state index contributed by atoms with van der Waals surface area (Å²) in [5.74, 6) is -2.08. The smallest absolute Gasteiger partial charge is 0.316 e. The first-order chi connectivity index (χ1) is 5.45. The van der Waals surface area contributed by atoms with Crippen LogP contribution in [0.4, 0.5) is 0 Å². The maximum absolute atomic E-state index is 10.2. The van der Waals surface area contributed by atoms with Crippen molar-refractivity contribution in [1.29, 1.82) is 0 Å². The fourth-order valence-electron chi connectivity index (χ4n) is 0.563. The third-order valence-electron chi connectivity index (χ3n) is 1.28. The van der Waals surface area contributed by atoms with Gasteiger partial charge in [0.2, 0.25) is 0 Å². The second-order valence-electron chi connectivity index (χ2n) is 2.29. The normalized spacial score (nSPS) is 13.0.